The summed E-state index contributed by atoms with van der Waals surface area (Å²) in [6.07, 6.45) is 1.10. The standard InChI is InChI=1S/C24H35N5O/c1-19-8-10-22(11-9-19)29-13-12-21(18-29)27-24(25-2)26-17-20-6-5-7-23(16-20)30-15-14-28(3)4/h5-11,16,21H,12-15,17-18H2,1-4H3,(H2,25,26,27). The molecule has 2 aromatic carbocycles. The summed E-state index contributed by atoms with van der Waals surface area (Å²) >= 11 is 0. The summed E-state index contributed by atoms with van der Waals surface area (Å²) < 4.78 is 5.84. The maximum absolute atomic E-state index is 5.84. The molecule has 0 bridgehead atoms. The highest BCUT2D eigenvalue weighted by Gasteiger charge is 2.23. The number of guanidine groups is 1. The predicted octanol–water partition coefficient (Wildman–Crippen LogP) is 2.88. The zero-order chi connectivity index (χ0) is 21.3. The molecule has 2 aromatic rings. The van der Waals surface area contributed by atoms with Crippen LogP contribution in [0.25, 0.3) is 0 Å². The fraction of sp³-hybridized carbons (Fsp3) is 0.458. The summed E-state index contributed by atoms with van der Waals surface area (Å²) in [5.41, 5.74) is 3.76. The lowest BCUT2D eigenvalue weighted by Crippen LogP contribution is -2.44. The molecule has 1 aliphatic heterocycles. The molecule has 0 radical (unpaired) electrons. The molecule has 1 fully saturated rings. The Bertz CT molecular complexity index is 819. The van der Waals surface area contributed by atoms with Crippen LogP contribution in [-0.4, -0.2) is 64.3 Å². The van der Waals surface area contributed by atoms with Gasteiger partial charge in [-0.1, -0.05) is 29.8 Å². The monoisotopic (exact) mass is 409 g/mol. The lowest BCUT2D eigenvalue weighted by Gasteiger charge is -2.20. The Hall–Kier alpha value is -2.73. The molecule has 3 rings (SSSR count). The summed E-state index contributed by atoms with van der Waals surface area (Å²) in [6, 6.07) is 17.4. The molecule has 0 amide bonds. The molecule has 0 aromatic heterocycles. The zero-order valence-corrected chi connectivity index (χ0v) is 18.7. The van der Waals surface area contributed by atoms with Crippen molar-refractivity contribution in [3.8, 4) is 5.75 Å². The highest BCUT2D eigenvalue weighted by molar-refractivity contribution is 5.80. The van der Waals surface area contributed by atoms with Crippen molar-refractivity contribution in [3.63, 3.8) is 0 Å². The van der Waals surface area contributed by atoms with Crippen molar-refractivity contribution in [2.45, 2.75) is 25.9 Å². The first-order valence-corrected chi connectivity index (χ1v) is 10.7. The fourth-order valence-corrected chi connectivity index (χ4v) is 3.53. The second-order valence-electron chi connectivity index (χ2n) is 8.14. The Kier molecular flexibility index (Phi) is 7.97. The maximum Gasteiger partial charge on any atom is 0.191 e. The molecular weight excluding hydrogens is 374 g/mol. The molecule has 0 aliphatic carbocycles. The van der Waals surface area contributed by atoms with Crippen LogP contribution in [0.5, 0.6) is 5.75 Å². The van der Waals surface area contributed by atoms with E-state index in [-0.39, 0.29) is 0 Å². The van der Waals surface area contributed by atoms with Crippen LogP contribution >= 0.6 is 0 Å². The van der Waals surface area contributed by atoms with Crippen molar-refractivity contribution in [1.29, 1.82) is 0 Å². The summed E-state index contributed by atoms with van der Waals surface area (Å²) in [6.45, 7) is 6.47. The minimum Gasteiger partial charge on any atom is -0.492 e. The SMILES string of the molecule is CN=C(NCc1cccc(OCCN(C)C)c1)NC1CCN(c2ccc(C)cc2)C1. The van der Waals surface area contributed by atoms with Crippen molar-refractivity contribution >= 4 is 11.6 Å². The van der Waals surface area contributed by atoms with Crippen LogP contribution in [-0.2, 0) is 6.54 Å². The Balaban J connectivity index is 1.46. The van der Waals surface area contributed by atoms with Gasteiger partial charge in [-0.25, -0.2) is 0 Å². The summed E-state index contributed by atoms with van der Waals surface area (Å²) in [7, 11) is 5.92. The molecular formula is C24H35N5O. The van der Waals surface area contributed by atoms with E-state index in [0.29, 0.717) is 19.2 Å². The molecule has 30 heavy (non-hydrogen) atoms. The average Bonchev–Trinajstić information content (AvgIpc) is 3.20. The van der Waals surface area contributed by atoms with Crippen molar-refractivity contribution in [1.82, 2.24) is 15.5 Å². The first kappa shape index (κ1) is 22.0. The number of rotatable bonds is 8. The van der Waals surface area contributed by atoms with Gasteiger partial charge in [0.1, 0.15) is 12.4 Å². The van der Waals surface area contributed by atoms with E-state index >= 15 is 0 Å². The molecule has 1 unspecified atom stereocenters. The van der Waals surface area contributed by atoms with Crippen LogP contribution in [0, 0.1) is 6.92 Å². The van der Waals surface area contributed by atoms with Gasteiger partial charge in [-0.05, 0) is 57.3 Å². The summed E-state index contributed by atoms with van der Waals surface area (Å²) in [5.74, 6) is 1.74. The predicted molar refractivity (Wildman–Crippen MR) is 126 cm³/mol. The van der Waals surface area contributed by atoms with E-state index in [1.165, 1.54) is 16.8 Å². The number of ether oxygens (including phenoxy) is 1. The number of aryl methyl sites for hydroxylation is 1. The molecule has 1 aliphatic rings. The largest absolute Gasteiger partial charge is 0.492 e. The maximum atomic E-state index is 5.84. The van der Waals surface area contributed by atoms with Gasteiger partial charge in [0.2, 0.25) is 0 Å². The number of benzene rings is 2. The molecule has 2 N–H and O–H groups in total. The van der Waals surface area contributed by atoms with Crippen LogP contribution in [0.4, 0.5) is 5.69 Å². The van der Waals surface area contributed by atoms with Gasteiger partial charge in [-0.2, -0.15) is 0 Å². The van der Waals surface area contributed by atoms with Crippen LogP contribution in [0.3, 0.4) is 0 Å². The first-order chi connectivity index (χ1) is 14.5. The van der Waals surface area contributed by atoms with Gasteiger partial charge in [0.25, 0.3) is 0 Å². The van der Waals surface area contributed by atoms with Gasteiger partial charge in [0.15, 0.2) is 5.96 Å². The summed E-state index contributed by atoms with van der Waals surface area (Å²) in [4.78, 5) is 8.95. The second-order valence-corrected chi connectivity index (χ2v) is 8.14. The third-order valence-corrected chi connectivity index (χ3v) is 5.32. The van der Waals surface area contributed by atoms with Crippen molar-refractivity contribution in [2.24, 2.45) is 4.99 Å². The molecule has 6 heteroatoms. The number of anilines is 1. The Labute approximate surface area is 180 Å². The Morgan fingerprint density at radius 1 is 1.20 bits per heavy atom. The minimum atomic E-state index is 0.387. The van der Waals surface area contributed by atoms with E-state index in [1.54, 1.807) is 0 Å². The van der Waals surface area contributed by atoms with E-state index in [2.05, 4.69) is 68.7 Å². The number of nitrogens with zero attached hydrogens (tertiary/aromatic N) is 3. The van der Waals surface area contributed by atoms with Gasteiger partial charge >= 0.3 is 0 Å². The lowest BCUT2D eigenvalue weighted by atomic mass is 10.2. The van der Waals surface area contributed by atoms with Gasteiger partial charge in [0, 0.05) is 45.0 Å². The zero-order valence-electron chi connectivity index (χ0n) is 18.7. The smallest absolute Gasteiger partial charge is 0.191 e. The van der Waals surface area contributed by atoms with E-state index in [1.807, 2.05) is 33.3 Å². The van der Waals surface area contributed by atoms with E-state index in [9.17, 15) is 0 Å². The topological polar surface area (TPSA) is 52.1 Å². The van der Waals surface area contributed by atoms with Gasteiger partial charge in [-0.15, -0.1) is 0 Å². The first-order valence-electron chi connectivity index (χ1n) is 10.7. The molecule has 162 valence electrons. The number of hydrogen-bond acceptors (Lipinski definition) is 4. The summed E-state index contributed by atoms with van der Waals surface area (Å²) in [5, 5.41) is 7.00. The fourth-order valence-electron chi connectivity index (χ4n) is 3.53. The van der Waals surface area contributed by atoms with Crippen LogP contribution in [0.1, 0.15) is 17.5 Å². The third-order valence-electron chi connectivity index (χ3n) is 5.32. The number of aliphatic imine (C=N–C) groups is 1. The highest BCUT2D eigenvalue weighted by Crippen LogP contribution is 2.20. The molecule has 1 saturated heterocycles. The van der Waals surface area contributed by atoms with Crippen LogP contribution in [0.15, 0.2) is 53.5 Å². The van der Waals surface area contributed by atoms with E-state index in [4.69, 9.17) is 4.74 Å². The Morgan fingerprint density at radius 2 is 2.00 bits per heavy atom. The van der Waals surface area contributed by atoms with Crippen LogP contribution in [0.2, 0.25) is 0 Å². The number of hydrogen-bond donors (Lipinski definition) is 2. The second kappa shape index (κ2) is 10.9. The molecule has 0 spiro atoms. The molecule has 6 nitrogen and oxygen atoms in total. The highest BCUT2D eigenvalue weighted by atomic mass is 16.5. The van der Waals surface area contributed by atoms with Crippen LogP contribution < -0.4 is 20.3 Å². The average molecular weight is 410 g/mol. The Morgan fingerprint density at radius 3 is 2.73 bits per heavy atom. The molecule has 1 atom stereocenters. The lowest BCUT2D eigenvalue weighted by molar-refractivity contribution is 0.261. The molecule has 0 saturated carbocycles. The molecule has 1 heterocycles. The normalized spacial score (nSPS) is 16.8. The van der Waals surface area contributed by atoms with Crippen molar-refractivity contribution in [2.75, 3.05) is 52.3 Å². The van der Waals surface area contributed by atoms with Crippen molar-refractivity contribution < 1.29 is 4.74 Å². The van der Waals surface area contributed by atoms with E-state index in [0.717, 1.165) is 37.8 Å². The van der Waals surface area contributed by atoms with Gasteiger partial charge in [-0.3, -0.25) is 4.99 Å². The van der Waals surface area contributed by atoms with Gasteiger partial charge in [0.05, 0.1) is 0 Å². The quantitative estimate of drug-likeness (QED) is 0.519. The van der Waals surface area contributed by atoms with Crippen molar-refractivity contribution in [3.05, 3.63) is 59.7 Å². The number of nitrogens with one attached hydrogen (secondary N) is 2. The van der Waals surface area contributed by atoms with E-state index < -0.39 is 0 Å². The number of likely N-dealkylation sites (N-methyl/N-ethyl adjacent to an activating group) is 1. The van der Waals surface area contributed by atoms with Gasteiger partial charge < -0.3 is 25.2 Å². The minimum absolute atomic E-state index is 0.387. The third kappa shape index (κ3) is 6.66.